The molecular weight excluding hydrogens is 270 g/mol. The number of ether oxygens (including phenoxy) is 3. The van der Waals surface area contributed by atoms with Crippen molar-refractivity contribution in [2.75, 3.05) is 6.61 Å². The van der Waals surface area contributed by atoms with Crippen molar-refractivity contribution in [2.45, 2.75) is 39.6 Å². The van der Waals surface area contributed by atoms with Crippen molar-refractivity contribution in [3.05, 3.63) is 29.8 Å². The minimum atomic E-state index is -1.12. The Labute approximate surface area is 124 Å². The van der Waals surface area contributed by atoms with Gasteiger partial charge in [-0.05, 0) is 31.2 Å². The highest BCUT2D eigenvalue weighted by atomic mass is 16.8. The number of hydrogen-bond donors (Lipinski definition) is 0. The van der Waals surface area contributed by atoms with Crippen molar-refractivity contribution in [1.82, 2.24) is 0 Å². The fourth-order valence-electron chi connectivity index (χ4n) is 1.82. The number of hydrogen-bond acceptors (Lipinski definition) is 5. The summed E-state index contributed by atoms with van der Waals surface area (Å²) in [7, 11) is 0. The quantitative estimate of drug-likeness (QED) is 0.800. The molecule has 0 bridgehead atoms. The Bertz CT molecular complexity index is 567. The van der Waals surface area contributed by atoms with Crippen LogP contribution in [0.2, 0.25) is 0 Å². The van der Waals surface area contributed by atoms with Crippen LogP contribution in [0.4, 0.5) is 0 Å². The average molecular weight is 289 g/mol. The van der Waals surface area contributed by atoms with E-state index in [0.29, 0.717) is 11.3 Å². The van der Waals surface area contributed by atoms with Gasteiger partial charge < -0.3 is 14.2 Å². The van der Waals surface area contributed by atoms with Crippen LogP contribution < -0.4 is 4.74 Å². The van der Waals surface area contributed by atoms with Gasteiger partial charge >= 0.3 is 5.97 Å². The molecule has 112 valence electrons. The molecule has 1 saturated heterocycles. The highest BCUT2D eigenvalue weighted by Gasteiger charge is 2.51. The molecule has 1 aromatic rings. The van der Waals surface area contributed by atoms with Crippen LogP contribution in [0.5, 0.6) is 5.75 Å². The molecule has 21 heavy (non-hydrogen) atoms. The van der Waals surface area contributed by atoms with E-state index in [9.17, 15) is 4.79 Å². The standard InChI is InChI=1S/C16H19NO4/c1-15(2,3)14-20-13(18)16(4,21-14)10-19-12-7-5-11(9-17)6-8-12/h5-8,14H,10H2,1-4H3/t14-,16+/m1/s1. The van der Waals surface area contributed by atoms with Crippen molar-refractivity contribution in [3.8, 4) is 11.8 Å². The number of rotatable bonds is 3. The summed E-state index contributed by atoms with van der Waals surface area (Å²) in [6.45, 7) is 7.55. The predicted octanol–water partition coefficient (Wildman–Crippen LogP) is 2.64. The zero-order chi connectivity index (χ0) is 15.7. The highest BCUT2D eigenvalue weighted by molar-refractivity contribution is 5.81. The minimum absolute atomic E-state index is 0.0598. The van der Waals surface area contributed by atoms with E-state index in [4.69, 9.17) is 19.5 Å². The van der Waals surface area contributed by atoms with Crippen molar-refractivity contribution >= 4 is 5.97 Å². The summed E-state index contributed by atoms with van der Waals surface area (Å²) in [5.41, 5.74) is -0.855. The van der Waals surface area contributed by atoms with Crippen LogP contribution in [0.25, 0.3) is 0 Å². The van der Waals surface area contributed by atoms with Gasteiger partial charge in [-0.1, -0.05) is 20.8 Å². The van der Waals surface area contributed by atoms with E-state index in [2.05, 4.69) is 0 Å². The van der Waals surface area contributed by atoms with E-state index in [1.54, 1.807) is 31.2 Å². The molecule has 1 aromatic carbocycles. The van der Waals surface area contributed by atoms with Crippen molar-refractivity contribution < 1.29 is 19.0 Å². The van der Waals surface area contributed by atoms with Crippen LogP contribution in [0.3, 0.4) is 0 Å². The number of carbonyl (C=O) groups is 1. The van der Waals surface area contributed by atoms with E-state index < -0.39 is 17.9 Å². The van der Waals surface area contributed by atoms with Crippen molar-refractivity contribution in [2.24, 2.45) is 5.41 Å². The molecule has 1 fully saturated rings. The van der Waals surface area contributed by atoms with Gasteiger partial charge in [0.1, 0.15) is 12.4 Å². The molecule has 5 nitrogen and oxygen atoms in total. The molecular formula is C16H19NO4. The Kier molecular flexibility index (Phi) is 3.93. The zero-order valence-electron chi connectivity index (χ0n) is 12.7. The first-order valence-corrected chi connectivity index (χ1v) is 6.76. The first kappa shape index (κ1) is 15.3. The summed E-state index contributed by atoms with van der Waals surface area (Å²) in [4.78, 5) is 12.0. The second kappa shape index (κ2) is 5.38. The maximum atomic E-state index is 12.0. The molecule has 5 heteroatoms. The summed E-state index contributed by atoms with van der Waals surface area (Å²) < 4.78 is 16.6. The summed E-state index contributed by atoms with van der Waals surface area (Å²) >= 11 is 0. The summed E-state index contributed by atoms with van der Waals surface area (Å²) in [6.07, 6.45) is -0.584. The van der Waals surface area contributed by atoms with Gasteiger partial charge in [0.15, 0.2) is 5.60 Å². The molecule has 0 radical (unpaired) electrons. The minimum Gasteiger partial charge on any atom is -0.490 e. The lowest BCUT2D eigenvalue weighted by Gasteiger charge is -2.26. The monoisotopic (exact) mass is 289 g/mol. The summed E-state index contributed by atoms with van der Waals surface area (Å²) in [6, 6.07) is 8.71. The summed E-state index contributed by atoms with van der Waals surface area (Å²) in [5.74, 6) is 0.155. The first-order valence-electron chi connectivity index (χ1n) is 6.76. The maximum Gasteiger partial charge on any atom is 0.344 e. The van der Waals surface area contributed by atoms with E-state index in [0.717, 1.165) is 0 Å². The molecule has 1 aliphatic heterocycles. The van der Waals surface area contributed by atoms with E-state index in [1.807, 2.05) is 26.8 Å². The van der Waals surface area contributed by atoms with Crippen molar-refractivity contribution in [1.29, 1.82) is 5.26 Å². The number of carbonyl (C=O) groups excluding carboxylic acids is 1. The third-order valence-electron chi connectivity index (χ3n) is 3.22. The average Bonchev–Trinajstić information content (AvgIpc) is 2.74. The highest BCUT2D eigenvalue weighted by Crippen LogP contribution is 2.35. The summed E-state index contributed by atoms with van der Waals surface area (Å²) in [5, 5.41) is 8.74. The lowest BCUT2D eigenvalue weighted by molar-refractivity contribution is -0.156. The molecule has 1 aliphatic rings. The number of benzene rings is 1. The third-order valence-corrected chi connectivity index (χ3v) is 3.22. The molecule has 0 N–H and O–H groups in total. The van der Waals surface area contributed by atoms with Crippen LogP contribution in [0, 0.1) is 16.7 Å². The van der Waals surface area contributed by atoms with Crippen LogP contribution in [-0.4, -0.2) is 24.5 Å². The molecule has 0 unspecified atom stereocenters. The molecule has 0 aliphatic carbocycles. The molecule has 0 spiro atoms. The maximum absolute atomic E-state index is 12.0. The fraction of sp³-hybridized carbons (Fsp3) is 0.500. The van der Waals surface area contributed by atoms with Gasteiger partial charge in [-0.15, -0.1) is 0 Å². The second-order valence-corrected chi connectivity index (χ2v) is 6.38. The van der Waals surface area contributed by atoms with E-state index in [-0.39, 0.29) is 12.0 Å². The Morgan fingerprint density at radius 3 is 2.43 bits per heavy atom. The van der Waals surface area contributed by atoms with E-state index >= 15 is 0 Å². The molecule has 2 atom stereocenters. The van der Waals surface area contributed by atoms with Gasteiger partial charge in [-0.3, -0.25) is 0 Å². The third kappa shape index (κ3) is 3.34. The van der Waals surface area contributed by atoms with Crippen LogP contribution in [0.15, 0.2) is 24.3 Å². The van der Waals surface area contributed by atoms with Crippen LogP contribution in [0.1, 0.15) is 33.3 Å². The Hall–Kier alpha value is -2.06. The van der Waals surface area contributed by atoms with Gasteiger partial charge in [0.25, 0.3) is 0 Å². The molecule has 0 saturated carbocycles. The fourth-order valence-corrected chi connectivity index (χ4v) is 1.82. The molecule has 0 amide bonds. The topological polar surface area (TPSA) is 68.5 Å². The first-order chi connectivity index (χ1) is 9.74. The van der Waals surface area contributed by atoms with Crippen LogP contribution >= 0.6 is 0 Å². The molecule has 1 heterocycles. The van der Waals surface area contributed by atoms with E-state index in [1.165, 1.54) is 0 Å². The zero-order valence-corrected chi connectivity index (χ0v) is 12.7. The Balaban J connectivity index is 2.01. The second-order valence-electron chi connectivity index (χ2n) is 6.38. The Morgan fingerprint density at radius 1 is 1.33 bits per heavy atom. The largest absolute Gasteiger partial charge is 0.490 e. The van der Waals surface area contributed by atoms with Gasteiger partial charge in [-0.25, -0.2) is 4.79 Å². The SMILES string of the molecule is CC(C)(C)[C@@H]1OC(=O)[C@](C)(COc2ccc(C#N)cc2)O1. The number of nitrogens with zero attached hydrogens (tertiary/aromatic N) is 1. The normalized spacial score (nSPS) is 25.3. The predicted molar refractivity (Wildman–Crippen MR) is 75.5 cm³/mol. The number of nitriles is 1. The van der Waals surface area contributed by atoms with Crippen molar-refractivity contribution in [3.63, 3.8) is 0 Å². The number of cyclic esters (lactones) is 1. The van der Waals surface area contributed by atoms with Gasteiger partial charge in [0.05, 0.1) is 11.6 Å². The van der Waals surface area contributed by atoms with Crippen LogP contribution in [-0.2, 0) is 14.3 Å². The molecule has 0 aromatic heterocycles. The molecule has 2 rings (SSSR count). The van der Waals surface area contributed by atoms with Gasteiger partial charge in [-0.2, -0.15) is 5.26 Å². The lowest BCUT2D eigenvalue weighted by atomic mass is 9.96. The van der Waals surface area contributed by atoms with Gasteiger partial charge in [0, 0.05) is 5.41 Å². The van der Waals surface area contributed by atoms with Gasteiger partial charge in [0.2, 0.25) is 6.29 Å². The lowest BCUT2D eigenvalue weighted by Crippen LogP contribution is -2.40. The Morgan fingerprint density at radius 2 is 1.95 bits per heavy atom. The number of esters is 1. The smallest absolute Gasteiger partial charge is 0.344 e.